The molecule has 12 heteroatoms. The molecule has 2 saturated heterocycles. The Balaban J connectivity index is 1.01. The number of carbonyl (C=O) groups excluding carboxylic acids is 1. The number of anilines is 3. The fourth-order valence-electron chi connectivity index (χ4n) is 5.01. The Hall–Kier alpha value is -4.13. The number of ether oxygens (including phenoxy) is 3. The van der Waals surface area contributed by atoms with Gasteiger partial charge in [-0.3, -0.25) is 14.8 Å². The smallest absolute Gasteiger partial charge is 0.230 e. The summed E-state index contributed by atoms with van der Waals surface area (Å²) in [6.07, 6.45) is 2.81. The first-order chi connectivity index (χ1) is 19.6. The van der Waals surface area contributed by atoms with E-state index in [4.69, 9.17) is 14.2 Å². The number of fused-ring (bicyclic) bond motifs is 2. The quantitative estimate of drug-likeness (QED) is 0.256. The normalized spacial score (nSPS) is 18.9. The molecule has 0 aliphatic carbocycles. The van der Waals surface area contributed by atoms with Gasteiger partial charge in [-0.15, -0.1) is 0 Å². The minimum atomic E-state index is -0.414. The van der Waals surface area contributed by atoms with Crippen molar-refractivity contribution in [3.05, 3.63) is 66.4 Å². The summed E-state index contributed by atoms with van der Waals surface area (Å²) in [6, 6.07) is 13.2. The molecule has 40 heavy (non-hydrogen) atoms. The fourth-order valence-corrected chi connectivity index (χ4v) is 5.01. The lowest BCUT2D eigenvalue weighted by molar-refractivity contribution is -0.116. The summed E-state index contributed by atoms with van der Waals surface area (Å²) >= 11 is 0. The monoisotopic (exact) mass is 547 g/mol. The van der Waals surface area contributed by atoms with Crippen molar-refractivity contribution in [3.63, 3.8) is 0 Å². The molecule has 0 saturated carbocycles. The van der Waals surface area contributed by atoms with Crippen LogP contribution < -0.4 is 15.4 Å². The van der Waals surface area contributed by atoms with Crippen LogP contribution in [0.1, 0.15) is 12.1 Å². The average molecular weight is 548 g/mol. The van der Waals surface area contributed by atoms with Crippen LogP contribution in [0.2, 0.25) is 0 Å². The van der Waals surface area contributed by atoms with Crippen LogP contribution in [0.15, 0.2) is 54.9 Å². The molecule has 4 heterocycles. The molecule has 3 N–H and O–H groups in total. The van der Waals surface area contributed by atoms with Gasteiger partial charge in [-0.05, 0) is 36.8 Å². The molecule has 208 valence electrons. The van der Waals surface area contributed by atoms with E-state index in [1.807, 2.05) is 18.2 Å². The van der Waals surface area contributed by atoms with Crippen LogP contribution in [0.25, 0.3) is 10.9 Å². The third-order valence-corrected chi connectivity index (χ3v) is 6.87. The van der Waals surface area contributed by atoms with Crippen LogP contribution in [0.4, 0.5) is 21.7 Å². The molecule has 2 atom stereocenters. The van der Waals surface area contributed by atoms with Crippen molar-refractivity contribution in [3.8, 4) is 5.75 Å². The number of H-pyrrole nitrogens is 1. The zero-order valence-electron chi connectivity index (χ0n) is 21.8. The summed E-state index contributed by atoms with van der Waals surface area (Å²) in [5.41, 5.74) is 1.73. The Morgan fingerprint density at radius 2 is 1.95 bits per heavy atom. The number of hydrogen-bond acceptors (Lipinski definition) is 9. The number of aromatic amines is 1. The maximum atomic E-state index is 13.4. The highest BCUT2D eigenvalue weighted by atomic mass is 19.1. The van der Waals surface area contributed by atoms with E-state index in [0.29, 0.717) is 42.8 Å². The topological polar surface area (TPSA) is 127 Å². The minimum Gasteiger partial charge on any atom is -0.493 e. The number of nitrogens with zero attached hydrogens (tertiary/aromatic N) is 4. The van der Waals surface area contributed by atoms with Gasteiger partial charge < -0.3 is 24.8 Å². The Bertz CT molecular complexity index is 1470. The van der Waals surface area contributed by atoms with Crippen molar-refractivity contribution in [2.24, 2.45) is 0 Å². The molecule has 2 aromatic carbocycles. The largest absolute Gasteiger partial charge is 0.493 e. The van der Waals surface area contributed by atoms with E-state index in [1.165, 1.54) is 24.5 Å². The number of rotatable bonds is 10. The zero-order valence-corrected chi connectivity index (χ0v) is 21.8. The van der Waals surface area contributed by atoms with Gasteiger partial charge in [-0.2, -0.15) is 5.10 Å². The number of carbonyl (C=O) groups is 1. The molecule has 0 bridgehead atoms. The van der Waals surface area contributed by atoms with Gasteiger partial charge in [0.05, 0.1) is 44.0 Å². The van der Waals surface area contributed by atoms with E-state index in [-0.39, 0.29) is 24.5 Å². The van der Waals surface area contributed by atoms with Crippen molar-refractivity contribution in [1.82, 2.24) is 25.1 Å². The number of likely N-dealkylation sites (tertiary alicyclic amines) is 1. The first-order valence-electron chi connectivity index (χ1n) is 13.3. The second kappa shape index (κ2) is 11.9. The van der Waals surface area contributed by atoms with Crippen molar-refractivity contribution in [1.29, 1.82) is 0 Å². The number of halogens is 1. The van der Waals surface area contributed by atoms with Gasteiger partial charge >= 0.3 is 0 Å². The van der Waals surface area contributed by atoms with Gasteiger partial charge in [0.2, 0.25) is 5.91 Å². The molecule has 0 spiro atoms. The molecular weight excluding hydrogens is 517 g/mol. The minimum absolute atomic E-state index is 0.0525. The van der Waals surface area contributed by atoms with Gasteiger partial charge in [0.25, 0.3) is 0 Å². The van der Waals surface area contributed by atoms with E-state index in [0.717, 1.165) is 42.7 Å². The molecule has 1 amide bonds. The average Bonchev–Trinajstić information content (AvgIpc) is 3.57. The summed E-state index contributed by atoms with van der Waals surface area (Å²) in [5.74, 6) is 1.13. The second-order valence-corrected chi connectivity index (χ2v) is 9.82. The van der Waals surface area contributed by atoms with Gasteiger partial charge in [-0.1, -0.05) is 6.07 Å². The Morgan fingerprint density at radius 3 is 2.77 bits per heavy atom. The van der Waals surface area contributed by atoms with E-state index < -0.39 is 5.82 Å². The molecule has 2 fully saturated rings. The lowest BCUT2D eigenvalue weighted by atomic mass is 10.2. The van der Waals surface area contributed by atoms with Crippen LogP contribution in [0.3, 0.4) is 0 Å². The van der Waals surface area contributed by atoms with Crippen molar-refractivity contribution in [2.75, 3.05) is 50.1 Å². The number of amides is 1. The number of benzene rings is 2. The highest BCUT2D eigenvalue weighted by Crippen LogP contribution is 2.26. The standard InChI is InChI=1S/C28H30FN7O4/c29-18-3-1-4-19(11-18)32-27(37)13-20-12-26(35-34-20)33-28-22-6-5-21(14-23(22)30-17-31-28)38-8-2-7-36-15-24-25(16-36)40-10-9-39-24/h1,3-6,11-12,14,17,24-25H,2,7-10,13,15-16H2,(H,32,37)(H2,30,31,33,34,35). The summed E-state index contributed by atoms with van der Waals surface area (Å²) in [4.78, 5) is 23.5. The third kappa shape index (κ3) is 6.36. The van der Waals surface area contributed by atoms with E-state index in [9.17, 15) is 9.18 Å². The van der Waals surface area contributed by atoms with Crippen molar-refractivity contribution >= 4 is 34.1 Å². The number of hydrogen-bond donors (Lipinski definition) is 3. The van der Waals surface area contributed by atoms with Crippen LogP contribution in [0.5, 0.6) is 5.75 Å². The summed E-state index contributed by atoms with van der Waals surface area (Å²) < 4.78 is 30.9. The van der Waals surface area contributed by atoms with E-state index >= 15 is 0 Å². The Labute approximate surface area is 230 Å². The van der Waals surface area contributed by atoms with E-state index in [2.05, 4.69) is 35.7 Å². The Kier molecular flexibility index (Phi) is 7.80. The number of nitrogens with one attached hydrogen (secondary N) is 3. The second-order valence-electron chi connectivity index (χ2n) is 9.82. The molecular formula is C28H30FN7O4. The van der Waals surface area contributed by atoms with Crippen molar-refractivity contribution in [2.45, 2.75) is 25.0 Å². The SMILES string of the molecule is O=C(Cc1cc(Nc2ncnc3cc(OCCCN4CC5OCCOC5C4)ccc23)n[nH]1)Nc1cccc(F)c1. The van der Waals surface area contributed by atoms with Gasteiger partial charge in [0, 0.05) is 48.5 Å². The maximum Gasteiger partial charge on any atom is 0.230 e. The lowest BCUT2D eigenvalue weighted by Gasteiger charge is -2.24. The van der Waals surface area contributed by atoms with Gasteiger partial charge in [-0.25, -0.2) is 14.4 Å². The summed E-state index contributed by atoms with van der Waals surface area (Å²) in [5, 5.41) is 13.7. The third-order valence-electron chi connectivity index (χ3n) is 6.87. The summed E-state index contributed by atoms with van der Waals surface area (Å²) in [7, 11) is 0. The maximum absolute atomic E-state index is 13.4. The summed E-state index contributed by atoms with van der Waals surface area (Å²) in [6.45, 7) is 4.71. The molecule has 2 unspecified atom stereocenters. The highest BCUT2D eigenvalue weighted by molar-refractivity contribution is 5.93. The predicted molar refractivity (Wildman–Crippen MR) is 146 cm³/mol. The van der Waals surface area contributed by atoms with Crippen LogP contribution in [-0.2, 0) is 20.7 Å². The van der Waals surface area contributed by atoms with Crippen LogP contribution in [0, 0.1) is 5.82 Å². The van der Waals surface area contributed by atoms with Gasteiger partial charge in [0.15, 0.2) is 5.82 Å². The lowest BCUT2D eigenvalue weighted by Crippen LogP contribution is -2.36. The van der Waals surface area contributed by atoms with Crippen LogP contribution in [-0.4, -0.2) is 82.6 Å². The molecule has 11 nitrogen and oxygen atoms in total. The highest BCUT2D eigenvalue weighted by Gasteiger charge is 2.36. The first-order valence-corrected chi connectivity index (χ1v) is 13.3. The molecule has 2 aromatic heterocycles. The zero-order chi connectivity index (χ0) is 27.3. The first kappa shape index (κ1) is 26.1. The number of aromatic nitrogens is 4. The van der Waals surface area contributed by atoms with Gasteiger partial charge in [0.1, 0.15) is 23.7 Å². The van der Waals surface area contributed by atoms with Crippen molar-refractivity contribution < 1.29 is 23.4 Å². The molecule has 2 aliphatic rings. The van der Waals surface area contributed by atoms with Crippen LogP contribution >= 0.6 is 0 Å². The van der Waals surface area contributed by atoms with E-state index in [1.54, 1.807) is 12.1 Å². The molecule has 0 radical (unpaired) electrons. The molecule has 6 rings (SSSR count). The predicted octanol–water partition coefficient (Wildman–Crippen LogP) is 3.29. The Morgan fingerprint density at radius 1 is 1.10 bits per heavy atom. The fraction of sp³-hybridized carbons (Fsp3) is 0.357. The molecule has 4 aromatic rings. The molecule has 2 aliphatic heterocycles.